The van der Waals surface area contributed by atoms with Gasteiger partial charge >= 0.3 is 5.97 Å². The molecule has 2 N–H and O–H groups in total. The van der Waals surface area contributed by atoms with Crippen molar-refractivity contribution in [3.8, 4) is 5.75 Å². The molecule has 0 saturated carbocycles. The van der Waals surface area contributed by atoms with Crippen LogP contribution in [0.1, 0.15) is 6.92 Å². The van der Waals surface area contributed by atoms with Crippen LogP contribution in [0, 0.1) is 0 Å². The van der Waals surface area contributed by atoms with Crippen LogP contribution in [0.2, 0.25) is 0 Å². The highest BCUT2D eigenvalue weighted by molar-refractivity contribution is 7.93. The maximum absolute atomic E-state index is 12.2. The topological polar surface area (TPSA) is 92.7 Å². The van der Waals surface area contributed by atoms with Crippen molar-refractivity contribution in [2.75, 3.05) is 12.4 Å². The molecule has 1 aromatic carbocycles. The molecule has 2 atom stereocenters. The Kier molecular flexibility index (Phi) is 2.94. The van der Waals surface area contributed by atoms with E-state index in [9.17, 15) is 13.2 Å². The highest BCUT2D eigenvalue weighted by Gasteiger charge is 2.43. The summed E-state index contributed by atoms with van der Waals surface area (Å²) in [6.45, 7) is 1.53. The van der Waals surface area contributed by atoms with E-state index in [1.54, 1.807) is 12.1 Å². The van der Waals surface area contributed by atoms with Crippen molar-refractivity contribution in [1.29, 1.82) is 0 Å². The number of ether oxygens (including phenoxy) is 1. The van der Waals surface area contributed by atoms with Gasteiger partial charge in [0.2, 0.25) is 0 Å². The molecule has 2 rings (SSSR count). The third kappa shape index (κ3) is 1.80. The van der Waals surface area contributed by atoms with Crippen LogP contribution >= 0.6 is 0 Å². The number of rotatable bonds is 2. The molecular weight excluding hydrogens is 258 g/mol. The number of sulfone groups is 1. The van der Waals surface area contributed by atoms with Crippen molar-refractivity contribution in [2.24, 2.45) is 0 Å². The molecule has 1 heterocycles. The minimum atomic E-state index is -3.91. The van der Waals surface area contributed by atoms with Crippen molar-refractivity contribution in [3.05, 3.63) is 18.2 Å². The maximum Gasteiger partial charge on any atom is 0.324 e. The molecule has 0 saturated heterocycles. The Morgan fingerprint density at radius 1 is 1.44 bits per heavy atom. The number of benzene rings is 1. The summed E-state index contributed by atoms with van der Waals surface area (Å²) in [5, 5.41) is 10.4. The Labute approximate surface area is 104 Å². The van der Waals surface area contributed by atoms with E-state index in [4.69, 9.17) is 9.84 Å². The number of carbonyl (C=O) groups is 1. The zero-order chi connectivity index (χ0) is 13.5. The van der Waals surface area contributed by atoms with Gasteiger partial charge in [-0.15, -0.1) is 0 Å². The number of carboxylic acid groups (broad SMARTS) is 1. The first kappa shape index (κ1) is 12.7. The summed E-state index contributed by atoms with van der Waals surface area (Å²) >= 11 is 0. The van der Waals surface area contributed by atoms with Gasteiger partial charge < -0.3 is 15.2 Å². The fourth-order valence-electron chi connectivity index (χ4n) is 2.06. The van der Waals surface area contributed by atoms with E-state index in [2.05, 4.69) is 5.32 Å². The van der Waals surface area contributed by atoms with Gasteiger partial charge in [0, 0.05) is 6.07 Å². The molecule has 2 unspecified atom stereocenters. The Hall–Kier alpha value is -1.76. The second-order valence-electron chi connectivity index (χ2n) is 4.10. The molecule has 7 heteroatoms. The van der Waals surface area contributed by atoms with Gasteiger partial charge in [-0.25, -0.2) is 8.42 Å². The monoisotopic (exact) mass is 271 g/mol. The number of hydrogen-bond acceptors (Lipinski definition) is 5. The van der Waals surface area contributed by atoms with Gasteiger partial charge in [-0.1, -0.05) is 0 Å². The van der Waals surface area contributed by atoms with Crippen LogP contribution in [0.25, 0.3) is 0 Å². The highest BCUT2D eigenvalue weighted by atomic mass is 32.2. The Bertz CT molecular complexity index is 595. The first-order chi connectivity index (χ1) is 8.37. The average Bonchev–Trinajstić information content (AvgIpc) is 2.27. The van der Waals surface area contributed by atoms with Crippen molar-refractivity contribution in [3.63, 3.8) is 0 Å². The van der Waals surface area contributed by atoms with Crippen molar-refractivity contribution in [1.82, 2.24) is 0 Å². The number of nitrogens with one attached hydrogen (secondary N) is 1. The lowest BCUT2D eigenvalue weighted by molar-refractivity contribution is -0.136. The van der Waals surface area contributed by atoms with E-state index in [1.165, 1.54) is 20.1 Å². The molecule has 0 bridgehead atoms. The largest absolute Gasteiger partial charge is 0.497 e. The fourth-order valence-corrected chi connectivity index (χ4v) is 3.92. The number of methoxy groups -OCH3 is 1. The van der Waals surface area contributed by atoms with Gasteiger partial charge in [-0.2, -0.15) is 0 Å². The van der Waals surface area contributed by atoms with Gasteiger partial charge in [0.05, 0.1) is 23.7 Å². The molecule has 6 nitrogen and oxygen atoms in total. The minimum absolute atomic E-state index is 0.0349. The lowest BCUT2D eigenvalue weighted by Gasteiger charge is -2.29. The second kappa shape index (κ2) is 4.16. The van der Waals surface area contributed by atoms with Crippen LogP contribution in [0.3, 0.4) is 0 Å². The number of hydrogen-bond donors (Lipinski definition) is 2. The van der Waals surface area contributed by atoms with Crippen molar-refractivity contribution < 1.29 is 23.1 Å². The minimum Gasteiger partial charge on any atom is -0.497 e. The van der Waals surface area contributed by atoms with E-state index in [1.807, 2.05) is 0 Å². The van der Waals surface area contributed by atoms with Crippen LogP contribution in [0.5, 0.6) is 5.75 Å². The zero-order valence-electron chi connectivity index (χ0n) is 9.88. The molecule has 0 spiro atoms. The van der Waals surface area contributed by atoms with Crippen LogP contribution in [-0.4, -0.2) is 37.9 Å². The van der Waals surface area contributed by atoms with Crippen LogP contribution < -0.4 is 10.1 Å². The van der Waals surface area contributed by atoms with E-state index in [0.29, 0.717) is 11.4 Å². The van der Waals surface area contributed by atoms with Gasteiger partial charge in [-0.05, 0) is 19.1 Å². The van der Waals surface area contributed by atoms with Gasteiger partial charge in [-0.3, -0.25) is 4.79 Å². The van der Waals surface area contributed by atoms with Crippen molar-refractivity contribution >= 4 is 21.5 Å². The summed E-state index contributed by atoms with van der Waals surface area (Å²) in [6.07, 6.45) is 0. The van der Waals surface area contributed by atoms with Gasteiger partial charge in [0.15, 0.2) is 15.1 Å². The smallest absolute Gasteiger partial charge is 0.324 e. The fraction of sp³-hybridized carbons (Fsp3) is 0.364. The maximum atomic E-state index is 12.2. The summed E-state index contributed by atoms with van der Waals surface area (Å²) in [7, 11) is -2.49. The van der Waals surface area contributed by atoms with Crippen molar-refractivity contribution in [2.45, 2.75) is 23.1 Å². The van der Waals surface area contributed by atoms with Crippen LogP contribution in [0.4, 0.5) is 5.69 Å². The van der Waals surface area contributed by atoms with E-state index in [0.717, 1.165) is 0 Å². The summed E-state index contributed by atoms with van der Waals surface area (Å²) in [5.41, 5.74) is 0.404. The molecule has 1 aliphatic rings. The van der Waals surface area contributed by atoms with E-state index in [-0.39, 0.29) is 4.90 Å². The molecule has 0 amide bonds. The molecular formula is C11H13NO5S. The Morgan fingerprint density at radius 3 is 2.67 bits per heavy atom. The number of fused-ring (bicyclic) bond motifs is 1. The zero-order valence-corrected chi connectivity index (χ0v) is 10.7. The predicted molar refractivity (Wildman–Crippen MR) is 64.7 cm³/mol. The highest BCUT2D eigenvalue weighted by Crippen LogP contribution is 2.35. The normalized spacial score (nSPS) is 24.8. The SMILES string of the molecule is COc1ccc2c(c1)S(=O)(=O)C(C(=O)O)C(C)N2. The summed E-state index contributed by atoms with van der Waals surface area (Å²) in [4.78, 5) is 11.1. The van der Waals surface area contributed by atoms with Crippen LogP contribution in [0.15, 0.2) is 23.1 Å². The van der Waals surface area contributed by atoms with Gasteiger partial charge in [0.25, 0.3) is 0 Å². The molecule has 18 heavy (non-hydrogen) atoms. The third-order valence-electron chi connectivity index (χ3n) is 2.91. The number of anilines is 1. The summed E-state index contributed by atoms with van der Waals surface area (Å²) in [5.74, 6) is -0.985. The molecule has 0 aliphatic carbocycles. The number of aliphatic carboxylic acids is 1. The number of carboxylic acids is 1. The molecule has 0 fully saturated rings. The predicted octanol–water partition coefficient (Wildman–Crippen LogP) is 0.736. The summed E-state index contributed by atoms with van der Waals surface area (Å²) in [6, 6.07) is 3.84. The lowest BCUT2D eigenvalue weighted by atomic mass is 10.2. The summed E-state index contributed by atoms with van der Waals surface area (Å²) < 4.78 is 29.5. The Morgan fingerprint density at radius 2 is 2.11 bits per heavy atom. The van der Waals surface area contributed by atoms with Crippen LogP contribution in [-0.2, 0) is 14.6 Å². The molecule has 0 aromatic heterocycles. The second-order valence-corrected chi connectivity index (χ2v) is 6.14. The Balaban J connectivity index is 2.64. The molecule has 1 aliphatic heterocycles. The molecule has 98 valence electrons. The molecule has 1 aromatic rings. The van der Waals surface area contributed by atoms with E-state index >= 15 is 0 Å². The van der Waals surface area contributed by atoms with Gasteiger partial charge in [0.1, 0.15) is 5.75 Å². The lowest BCUT2D eigenvalue weighted by Crippen LogP contribution is -2.46. The first-order valence-corrected chi connectivity index (χ1v) is 6.84. The standard InChI is InChI=1S/C11H13NO5S/c1-6-10(11(13)14)18(15,16)9-5-7(17-2)3-4-8(9)12-6/h3-6,10,12H,1-2H3,(H,13,14). The average molecular weight is 271 g/mol. The quantitative estimate of drug-likeness (QED) is 0.824. The van der Waals surface area contributed by atoms with E-state index < -0.39 is 27.1 Å². The third-order valence-corrected chi connectivity index (χ3v) is 5.14. The molecule has 0 radical (unpaired) electrons. The first-order valence-electron chi connectivity index (χ1n) is 5.29.